The average Bonchev–Trinajstić information content (AvgIpc) is 3.14. The van der Waals surface area contributed by atoms with Gasteiger partial charge < -0.3 is 9.11 Å². The number of benzene rings is 1. The predicted octanol–water partition coefficient (Wildman–Crippen LogP) is -2.45. The Labute approximate surface area is 177 Å². The fraction of sp³-hybridized carbons (Fsp3) is 0.529. The Morgan fingerprint density at radius 1 is 0.867 bits per heavy atom. The molecule has 2 amide bonds. The summed E-state index contributed by atoms with van der Waals surface area (Å²) in [6.07, 6.45) is 3.77. The predicted molar refractivity (Wildman–Crippen MR) is 103 cm³/mol. The minimum atomic E-state index is -4.92. The van der Waals surface area contributed by atoms with Crippen molar-refractivity contribution in [2.45, 2.75) is 37.5 Å². The molecule has 0 radical (unpaired) electrons. The second-order valence-corrected chi connectivity index (χ2v) is 8.97. The maximum absolute atomic E-state index is 10.5. The van der Waals surface area contributed by atoms with Gasteiger partial charge in [-0.15, -0.1) is 0 Å². The monoisotopic (exact) mass is 468 g/mol. The van der Waals surface area contributed by atoms with E-state index in [1.54, 1.807) is 19.1 Å². The minimum Gasteiger partial charge on any atom is -0.744 e. The number of hydrogen-bond donors (Lipinski definition) is 3. The molecule has 2 heterocycles. The van der Waals surface area contributed by atoms with Gasteiger partial charge >= 0.3 is 11.8 Å². The molecule has 1 aromatic carbocycles. The molecule has 0 saturated carbocycles. The van der Waals surface area contributed by atoms with E-state index >= 15 is 0 Å². The molecule has 2 unspecified atom stereocenters. The molecule has 0 bridgehead atoms. The zero-order valence-electron chi connectivity index (χ0n) is 17.1. The van der Waals surface area contributed by atoms with Crippen LogP contribution in [0.1, 0.15) is 31.2 Å². The molecule has 0 aliphatic carbocycles. The molecule has 30 heavy (non-hydrogen) atoms. The van der Waals surface area contributed by atoms with Crippen LogP contribution in [0.25, 0.3) is 0 Å². The minimum absolute atomic E-state index is 0.139. The van der Waals surface area contributed by atoms with Gasteiger partial charge in [0.25, 0.3) is 0 Å². The van der Waals surface area contributed by atoms with E-state index in [0.29, 0.717) is 17.4 Å². The Morgan fingerprint density at radius 2 is 1.23 bits per heavy atom. The van der Waals surface area contributed by atoms with Gasteiger partial charge in [-0.1, -0.05) is 18.2 Å². The normalized spacial score (nSPS) is 20.9. The van der Waals surface area contributed by atoms with Crippen molar-refractivity contribution < 1.29 is 49.9 Å². The van der Waals surface area contributed by atoms with Gasteiger partial charge in [0.2, 0.25) is 10.4 Å². The third-order valence-electron chi connectivity index (χ3n) is 4.23. The second-order valence-electron chi connectivity index (χ2n) is 6.76. The van der Waals surface area contributed by atoms with Crippen molar-refractivity contribution >= 4 is 32.3 Å². The number of carbonyl (C=O) groups excluding carboxylic acids is 2. The molecular formula is C17H28N2O9S2. The quantitative estimate of drug-likeness (QED) is 0.298. The summed E-state index contributed by atoms with van der Waals surface area (Å²) in [7, 11) is -5.35. The van der Waals surface area contributed by atoms with Gasteiger partial charge in [0.05, 0.1) is 44.9 Å². The molecule has 0 spiro atoms. The van der Waals surface area contributed by atoms with Crippen molar-refractivity contribution in [1.29, 1.82) is 0 Å². The summed E-state index contributed by atoms with van der Waals surface area (Å²) in [5, 5.41) is 0. The lowest BCUT2D eigenvalue weighted by Crippen LogP contribution is -3.09. The summed E-state index contributed by atoms with van der Waals surface area (Å²) in [5.74, 6) is 0.750. The largest absolute Gasteiger partial charge is 0.744 e. The highest BCUT2D eigenvalue weighted by atomic mass is 32.3. The van der Waals surface area contributed by atoms with Gasteiger partial charge in [0, 0.05) is 12.8 Å². The van der Waals surface area contributed by atoms with Gasteiger partial charge in [-0.25, -0.2) is 26.4 Å². The first-order chi connectivity index (χ1) is 13.6. The number of nitrogens with one attached hydrogen (secondary N) is 2. The fourth-order valence-electron chi connectivity index (χ4n) is 2.57. The lowest BCUT2D eigenvalue weighted by atomic mass is 10.2. The lowest BCUT2D eigenvalue weighted by Gasteiger charge is -2.08. The van der Waals surface area contributed by atoms with Crippen LogP contribution in [0, 0.1) is 6.92 Å². The van der Waals surface area contributed by atoms with E-state index in [-0.39, 0.29) is 4.90 Å². The Bertz CT molecular complexity index is 883. The topological polar surface area (TPSA) is 178 Å². The van der Waals surface area contributed by atoms with Gasteiger partial charge in [-0.05, 0) is 18.6 Å². The molecule has 2 saturated heterocycles. The molecule has 2 aliphatic heterocycles. The standard InChI is InChI=1S/C7H8O3S.2C5H9NO.H2O4S/c1-6-4-2-3-5-7(6)11(8,9)10;2*1-6-4-2-3-5(6)7;1-5(2,3)4/h2-5H,1H3,(H,8,9,10);2*2-4H2,1H3;(H2,1,2,3,4). The molecule has 1 aromatic rings. The first kappa shape index (κ1) is 28.3. The maximum atomic E-state index is 10.5. The number of likely N-dealkylation sites (tertiary alicyclic amines) is 2. The van der Waals surface area contributed by atoms with Gasteiger partial charge in [-0.3, -0.25) is 14.4 Å². The Hall–Kier alpha value is -1.74. The van der Waals surface area contributed by atoms with Crippen LogP contribution < -0.4 is 9.80 Å². The first-order valence-electron chi connectivity index (χ1n) is 9.04. The smallest absolute Gasteiger partial charge is 0.312 e. The Morgan fingerprint density at radius 3 is 1.40 bits per heavy atom. The van der Waals surface area contributed by atoms with Crippen molar-refractivity contribution in [3.05, 3.63) is 29.8 Å². The van der Waals surface area contributed by atoms with Gasteiger partial charge in [-0.2, -0.15) is 0 Å². The van der Waals surface area contributed by atoms with Crippen LogP contribution in [0.15, 0.2) is 29.2 Å². The van der Waals surface area contributed by atoms with E-state index in [4.69, 9.17) is 17.5 Å². The SMILES string of the molecule is C[NH+]1CCCC1=O.C[NH+]1CCCC1=O.Cc1ccccc1S(=O)(=O)[O-].O=S(=O)([O-])O. The number of aryl methyl sites for hydroxylation is 1. The van der Waals surface area contributed by atoms with Crippen LogP contribution in [0.2, 0.25) is 0 Å². The number of rotatable bonds is 1. The molecule has 3 N–H and O–H groups in total. The van der Waals surface area contributed by atoms with Crippen molar-refractivity contribution in [2.24, 2.45) is 0 Å². The summed E-state index contributed by atoms with van der Waals surface area (Å²) < 4.78 is 64.3. The third kappa shape index (κ3) is 13.5. The molecule has 2 fully saturated rings. The van der Waals surface area contributed by atoms with Crippen LogP contribution in [0.3, 0.4) is 0 Å². The molecule has 3 rings (SSSR count). The highest BCUT2D eigenvalue weighted by Gasteiger charge is 2.21. The molecule has 2 atom stereocenters. The number of quaternary nitrogens is 2. The van der Waals surface area contributed by atoms with Crippen molar-refractivity contribution in [3.8, 4) is 0 Å². The molecule has 11 nitrogen and oxygen atoms in total. The molecule has 0 aromatic heterocycles. The van der Waals surface area contributed by atoms with Crippen molar-refractivity contribution in [1.82, 2.24) is 0 Å². The van der Waals surface area contributed by atoms with Crippen LogP contribution in [-0.2, 0) is 30.1 Å². The Balaban J connectivity index is 0.000000391. The zero-order chi connectivity index (χ0) is 23.5. The van der Waals surface area contributed by atoms with Crippen LogP contribution in [-0.4, -0.2) is 69.5 Å². The fourth-order valence-corrected chi connectivity index (χ4v) is 3.28. The van der Waals surface area contributed by atoms with Crippen LogP contribution in [0.4, 0.5) is 0 Å². The summed E-state index contributed by atoms with van der Waals surface area (Å²) in [4.78, 5) is 23.1. The first-order valence-corrected chi connectivity index (χ1v) is 11.8. The highest BCUT2D eigenvalue weighted by Crippen LogP contribution is 2.12. The molecule has 172 valence electrons. The van der Waals surface area contributed by atoms with Gasteiger partial charge in [0.15, 0.2) is 0 Å². The highest BCUT2D eigenvalue weighted by molar-refractivity contribution is 7.85. The van der Waals surface area contributed by atoms with E-state index in [9.17, 15) is 22.6 Å². The van der Waals surface area contributed by atoms with E-state index in [1.807, 2.05) is 14.1 Å². The zero-order valence-corrected chi connectivity index (χ0v) is 18.7. The van der Waals surface area contributed by atoms with Crippen LogP contribution >= 0.6 is 0 Å². The van der Waals surface area contributed by atoms with E-state index in [0.717, 1.165) is 48.6 Å². The van der Waals surface area contributed by atoms with Gasteiger partial charge in [0.1, 0.15) is 10.1 Å². The van der Waals surface area contributed by atoms with Crippen molar-refractivity contribution in [2.75, 3.05) is 27.2 Å². The number of hydrogen-bond acceptors (Lipinski definition) is 8. The number of carbonyl (C=O) groups is 2. The summed E-state index contributed by atoms with van der Waals surface area (Å²) in [5.41, 5.74) is 0.488. The average molecular weight is 469 g/mol. The molecule has 2 aliphatic rings. The maximum Gasteiger partial charge on any atom is 0.312 e. The number of amides is 2. The van der Waals surface area contributed by atoms with Crippen molar-refractivity contribution in [3.63, 3.8) is 0 Å². The second kappa shape index (κ2) is 12.8. The molecular weight excluding hydrogens is 440 g/mol. The Kier molecular flexibility index (Phi) is 12.1. The third-order valence-corrected chi connectivity index (χ3v) is 5.22. The molecule has 13 heteroatoms. The van der Waals surface area contributed by atoms with E-state index in [2.05, 4.69) is 0 Å². The lowest BCUT2D eigenvalue weighted by molar-refractivity contribution is -0.788. The summed E-state index contributed by atoms with van der Waals surface area (Å²) in [6.45, 7) is 3.67. The van der Waals surface area contributed by atoms with E-state index < -0.39 is 20.5 Å². The summed E-state index contributed by atoms with van der Waals surface area (Å²) >= 11 is 0. The van der Waals surface area contributed by atoms with Crippen LogP contribution in [0.5, 0.6) is 0 Å². The van der Waals surface area contributed by atoms with E-state index in [1.165, 1.54) is 12.1 Å². The summed E-state index contributed by atoms with van der Waals surface area (Å²) in [6, 6.07) is 6.10.